The second-order valence-corrected chi connectivity index (χ2v) is 17.6. The molecule has 0 saturated carbocycles. The molecule has 0 aromatic heterocycles. The third kappa shape index (κ3) is 6.87. The van der Waals surface area contributed by atoms with Crippen molar-refractivity contribution in [3.05, 3.63) is 40.6 Å². The van der Waals surface area contributed by atoms with E-state index in [1.54, 1.807) is 0 Å². The average Bonchev–Trinajstić information content (AvgIpc) is 2.49. The third-order valence-corrected chi connectivity index (χ3v) is 13.3. The Balaban J connectivity index is 3.22. The van der Waals surface area contributed by atoms with E-state index in [1.165, 1.54) is 9.13 Å². The molecular weight excluding hydrogens is 368 g/mol. The number of rotatable bonds is 6. The van der Waals surface area contributed by atoms with E-state index in [9.17, 15) is 0 Å². The number of hydrogen-bond acceptors (Lipinski definition) is 2. The Kier molecular flexibility index (Phi) is 9.13. The van der Waals surface area contributed by atoms with Crippen LogP contribution in [0, 0.1) is 11.5 Å². The number of allylic oxidation sites excluding steroid dienone is 1. The average molecular weight is 405 g/mol. The quantitative estimate of drug-likeness (QED) is 0.265. The summed E-state index contributed by atoms with van der Waals surface area (Å²) in [6, 6.07) is 10.6. The zero-order chi connectivity index (χ0) is 20.0. The molecule has 0 nitrogen and oxygen atoms in total. The summed E-state index contributed by atoms with van der Waals surface area (Å²) in [5, 5.41) is 0. The molecule has 0 fully saturated rings. The summed E-state index contributed by atoms with van der Waals surface area (Å²) in [5.41, 5.74) is 5.83. The van der Waals surface area contributed by atoms with Crippen molar-refractivity contribution >= 4 is 31.6 Å². The summed E-state index contributed by atoms with van der Waals surface area (Å²) in [6.07, 6.45) is 2.17. The zero-order valence-electron chi connectivity index (χ0n) is 18.0. The van der Waals surface area contributed by atoms with Gasteiger partial charge in [0, 0.05) is 15.7 Å². The highest BCUT2D eigenvalue weighted by Crippen LogP contribution is 2.42. The maximum atomic E-state index is 3.82. The smallest absolute Gasteiger partial charge is 0.126 e. The van der Waals surface area contributed by atoms with E-state index >= 15 is 0 Å². The number of thioether (sulfide) groups is 2. The second-order valence-electron chi connectivity index (χ2n) is 8.76. The lowest BCUT2D eigenvalue weighted by atomic mass is 10.3. The van der Waals surface area contributed by atoms with Crippen molar-refractivity contribution in [1.82, 2.24) is 0 Å². The van der Waals surface area contributed by atoms with Crippen LogP contribution in [-0.4, -0.2) is 12.8 Å². The molecule has 0 unspecified atom stereocenters. The molecule has 0 spiro atoms. The van der Waals surface area contributed by atoms with Gasteiger partial charge in [-0.1, -0.05) is 98.2 Å². The highest BCUT2D eigenvalue weighted by molar-refractivity contribution is 8.22. The molecule has 0 amide bonds. The first-order valence-electron chi connectivity index (χ1n) is 9.63. The maximum absolute atomic E-state index is 3.82. The topological polar surface area (TPSA) is 0 Å². The molecule has 1 aromatic carbocycles. The highest BCUT2D eigenvalue weighted by Gasteiger charge is 2.41. The molecule has 144 valence electrons. The molecule has 0 saturated heterocycles. The predicted molar refractivity (Wildman–Crippen MR) is 127 cm³/mol. The standard InChI is InChI=1S/C23H36S2Si/c1-18(2)26(19(3)4,20(5)6)17-13-16-22(25-23(7,8)9)24-21-14-11-10-12-15-21/h10-12,14-16,18-20H,1-9H3/b22-16+. The minimum atomic E-state index is -1.67. The normalized spacial score (nSPS) is 13.3. The first-order valence-corrected chi connectivity index (χ1v) is 13.5. The summed E-state index contributed by atoms with van der Waals surface area (Å²) in [7, 11) is -1.67. The van der Waals surface area contributed by atoms with E-state index in [0.717, 1.165) is 0 Å². The molecule has 0 aliphatic carbocycles. The van der Waals surface area contributed by atoms with E-state index < -0.39 is 8.07 Å². The summed E-state index contributed by atoms with van der Waals surface area (Å²) in [6.45, 7) is 21.0. The Morgan fingerprint density at radius 2 is 1.42 bits per heavy atom. The van der Waals surface area contributed by atoms with E-state index in [0.29, 0.717) is 16.6 Å². The summed E-state index contributed by atoms with van der Waals surface area (Å²) < 4.78 is 1.47. The fourth-order valence-electron chi connectivity index (χ4n) is 3.64. The van der Waals surface area contributed by atoms with Crippen molar-refractivity contribution in [3.8, 4) is 11.5 Å². The summed E-state index contributed by atoms with van der Waals surface area (Å²) >= 11 is 3.74. The fraction of sp³-hybridized carbons (Fsp3) is 0.565. The van der Waals surface area contributed by atoms with Gasteiger partial charge in [-0.05, 0) is 28.8 Å². The lowest BCUT2D eigenvalue weighted by Gasteiger charge is -2.38. The molecule has 0 radical (unpaired) electrons. The second kappa shape index (κ2) is 10.1. The largest absolute Gasteiger partial charge is 0.146 e. The predicted octanol–water partition coefficient (Wildman–Crippen LogP) is 8.37. The van der Waals surface area contributed by atoms with Crippen LogP contribution in [0.4, 0.5) is 0 Å². The van der Waals surface area contributed by atoms with Crippen LogP contribution in [0.25, 0.3) is 0 Å². The minimum absolute atomic E-state index is 0.179. The van der Waals surface area contributed by atoms with E-state index in [-0.39, 0.29) is 4.75 Å². The van der Waals surface area contributed by atoms with Gasteiger partial charge in [0.1, 0.15) is 8.07 Å². The van der Waals surface area contributed by atoms with Crippen molar-refractivity contribution in [2.45, 2.75) is 88.6 Å². The van der Waals surface area contributed by atoms with Gasteiger partial charge >= 0.3 is 0 Å². The van der Waals surface area contributed by atoms with Crippen molar-refractivity contribution in [3.63, 3.8) is 0 Å². The van der Waals surface area contributed by atoms with Gasteiger partial charge in [-0.25, -0.2) is 0 Å². The van der Waals surface area contributed by atoms with Crippen molar-refractivity contribution in [2.24, 2.45) is 0 Å². The van der Waals surface area contributed by atoms with Crippen LogP contribution in [0.1, 0.15) is 62.3 Å². The Morgan fingerprint density at radius 1 is 0.923 bits per heavy atom. The van der Waals surface area contributed by atoms with Gasteiger partial charge in [0.15, 0.2) is 0 Å². The first kappa shape index (κ1) is 23.5. The third-order valence-electron chi connectivity index (χ3n) is 4.71. The van der Waals surface area contributed by atoms with Gasteiger partial charge < -0.3 is 0 Å². The van der Waals surface area contributed by atoms with Gasteiger partial charge in [-0.3, -0.25) is 0 Å². The fourth-order valence-corrected chi connectivity index (χ4v) is 11.4. The molecule has 0 heterocycles. The van der Waals surface area contributed by atoms with E-state index in [1.807, 2.05) is 23.5 Å². The molecule has 1 rings (SSSR count). The Bertz CT molecular complexity index is 618. The Hall–Kier alpha value is -0.563. The zero-order valence-corrected chi connectivity index (χ0v) is 20.6. The van der Waals surface area contributed by atoms with Crippen LogP contribution in [0.3, 0.4) is 0 Å². The summed E-state index contributed by atoms with van der Waals surface area (Å²) in [4.78, 5) is 1.28. The lowest BCUT2D eigenvalue weighted by molar-refractivity contribution is 0.807. The molecule has 0 aliphatic heterocycles. The van der Waals surface area contributed by atoms with Gasteiger partial charge in [0.05, 0.1) is 4.24 Å². The van der Waals surface area contributed by atoms with Crippen molar-refractivity contribution in [1.29, 1.82) is 0 Å². The number of benzene rings is 1. The molecule has 0 atom stereocenters. The van der Waals surface area contributed by atoms with Gasteiger partial charge in [-0.2, -0.15) is 0 Å². The van der Waals surface area contributed by atoms with Crippen LogP contribution < -0.4 is 0 Å². The van der Waals surface area contributed by atoms with Gasteiger partial charge in [0.25, 0.3) is 0 Å². The molecule has 0 aliphatic rings. The Labute approximate surface area is 172 Å². The summed E-state index contributed by atoms with van der Waals surface area (Å²) in [5.74, 6) is 3.52. The molecule has 0 bridgehead atoms. The molecule has 0 N–H and O–H groups in total. The van der Waals surface area contributed by atoms with Crippen LogP contribution >= 0.6 is 23.5 Å². The first-order chi connectivity index (χ1) is 12.0. The monoisotopic (exact) mass is 404 g/mol. The van der Waals surface area contributed by atoms with E-state index in [2.05, 4.69) is 110 Å². The van der Waals surface area contributed by atoms with Crippen molar-refractivity contribution < 1.29 is 0 Å². The SMILES string of the molecule is CC(C)[Si](C#C/C=C(\Sc1ccccc1)SC(C)(C)C)(C(C)C)C(C)C. The van der Waals surface area contributed by atoms with Crippen LogP contribution in [0.2, 0.25) is 16.6 Å². The molecule has 3 heteroatoms. The van der Waals surface area contributed by atoms with E-state index in [4.69, 9.17) is 0 Å². The highest BCUT2D eigenvalue weighted by atomic mass is 32.2. The Morgan fingerprint density at radius 3 is 1.85 bits per heavy atom. The van der Waals surface area contributed by atoms with Crippen LogP contribution in [-0.2, 0) is 0 Å². The molecular formula is C23H36S2Si. The minimum Gasteiger partial charge on any atom is -0.126 e. The number of hydrogen-bond donors (Lipinski definition) is 0. The molecule has 26 heavy (non-hydrogen) atoms. The van der Waals surface area contributed by atoms with Gasteiger partial charge in [0.2, 0.25) is 0 Å². The maximum Gasteiger partial charge on any atom is 0.146 e. The van der Waals surface area contributed by atoms with Crippen LogP contribution in [0.15, 0.2) is 45.5 Å². The van der Waals surface area contributed by atoms with Crippen molar-refractivity contribution in [2.75, 3.05) is 0 Å². The van der Waals surface area contributed by atoms with Crippen LogP contribution in [0.5, 0.6) is 0 Å². The molecule has 1 aromatic rings. The lowest BCUT2D eigenvalue weighted by Crippen LogP contribution is -2.43. The van der Waals surface area contributed by atoms with Gasteiger partial charge in [-0.15, -0.1) is 17.3 Å².